The van der Waals surface area contributed by atoms with E-state index in [0.717, 1.165) is 0 Å². The second kappa shape index (κ2) is 3.85. The summed E-state index contributed by atoms with van der Waals surface area (Å²) in [6.45, 7) is 1.31. The van der Waals surface area contributed by atoms with E-state index >= 15 is 0 Å². The number of aryl methyl sites for hydroxylation is 1. The highest BCUT2D eigenvalue weighted by Crippen LogP contribution is 2.24. The van der Waals surface area contributed by atoms with Gasteiger partial charge in [0.1, 0.15) is 11.6 Å². The molecule has 14 heavy (non-hydrogen) atoms. The predicted molar refractivity (Wildman–Crippen MR) is 48.5 cm³/mol. The maximum atomic E-state index is 10.6. The minimum absolute atomic E-state index is 0.0148. The van der Waals surface area contributed by atoms with Crippen molar-refractivity contribution in [3.8, 4) is 6.07 Å². The molecular weight excluding hydrogens is 184 g/mol. The Bertz CT molecular complexity index is 421. The summed E-state index contributed by atoms with van der Waals surface area (Å²) in [5.41, 5.74) is 0.687. The van der Waals surface area contributed by atoms with Crippen molar-refractivity contribution < 1.29 is 10.0 Å². The van der Waals surface area contributed by atoms with Gasteiger partial charge < -0.3 is 5.11 Å². The fourth-order valence-electron chi connectivity index (χ4n) is 1.27. The van der Waals surface area contributed by atoms with Crippen LogP contribution in [0.25, 0.3) is 0 Å². The number of nitriles is 1. The Morgan fingerprint density at radius 3 is 2.71 bits per heavy atom. The molecule has 0 saturated carbocycles. The van der Waals surface area contributed by atoms with Crippen molar-refractivity contribution in [3.63, 3.8) is 0 Å². The number of rotatable bonds is 2. The van der Waals surface area contributed by atoms with Crippen LogP contribution in [0.1, 0.15) is 16.7 Å². The topological polar surface area (TPSA) is 87.2 Å². The summed E-state index contributed by atoms with van der Waals surface area (Å²) in [6, 6.07) is 4.56. The lowest BCUT2D eigenvalue weighted by Crippen LogP contribution is -1.97. The molecule has 0 aliphatic heterocycles. The molecule has 0 radical (unpaired) electrons. The number of nitrogens with zero attached hydrogens (tertiary/aromatic N) is 2. The van der Waals surface area contributed by atoms with E-state index in [9.17, 15) is 10.1 Å². The number of hydrogen-bond donors (Lipinski definition) is 1. The zero-order valence-corrected chi connectivity index (χ0v) is 7.52. The smallest absolute Gasteiger partial charge is 0.289 e. The van der Waals surface area contributed by atoms with E-state index in [2.05, 4.69) is 0 Å². The second-order valence-electron chi connectivity index (χ2n) is 2.84. The van der Waals surface area contributed by atoms with Gasteiger partial charge >= 0.3 is 0 Å². The molecule has 0 amide bonds. The predicted octanol–water partition coefficient (Wildman–Crippen LogP) is 1.27. The van der Waals surface area contributed by atoms with Gasteiger partial charge in [0.15, 0.2) is 0 Å². The molecule has 5 nitrogen and oxygen atoms in total. The van der Waals surface area contributed by atoms with Crippen molar-refractivity contribution in [2.45, 2.75) is 13.5 Å². The van der Waals surface area contributed by atoms with Crippen molar-refractivity contribution >= 4 is 5.69 Å². The number of benzene rings is 1. The maximum absolute atomic E-state index is 10.6. The third-order valence-electron chi connectivity index (χ3n) is 1.85. The first kappa shape index (κ1) is 10.2. The average Bonchev–Trinajstić information content (AvgIpc) is 2.15. The van der Waals surface area contributed by atoms with Crippen LogP contribution in [0.4, 0.5) is 5.69 Å². The van der Waals surface area contributed by atoms with Gasteiger partial charge in [-0.15, -0.1) is 0 Å². The summed E-state index contributed by atoms with van der Waals surface area (Å²) >= 11 is 0. The summed E-state index contributed by atoms with van der Waals surface area (Å²) in [4.78, 5) is 10.0. The first-order chi connectivity index (χ1) is 6.60. The second-order valence-corrected chi connectivity index (χ2v) is 2.84. The first-order valence-corrected chi connectivity index (χ1v) is 3.89. The number of hydrogen-bond acceptors (Lipinski definition) is 4. The largest absolute Gasteiger partial charge is 0.392 e. The monoisotopic (exact) mass is 192 g/mol. The Hall–Kier alpha value is -1.93. The summed E-state index contributed by atoms with van der Waals surface area (Å²) in [5.74, 6) is 0. The molecule has 0 saturated heterocycles. The van der Waals surface area contributed by atoms with Crippen molar-refractivity contribution in [3.05, 3.63) is 38.9 Å². The maximum Gasteiger partial charge on any atom is 0.289 e. The summed E-state index contributed by atoms with van der Waals surface area (Å²) in [5, 5.41) is 28.1. The zero-order valence-electron chi connectivity index (χ0n) is 7.52. The van der Waals surface area contributed by atoms with E-state index in [-0.39, 0.29) is 17.9 Å². The molecule has 1 rings (SSSR count). The fraction of sp³-hybridized carbons (Fsp3) is 0.222. The Balaban J connectivity index is 3.44. The molecule has 0 aliphatic rings. The normalized spacial score (nSPS) is 9.50. The number of nitro groups is 1. The lowest BCUT2D eigenvalue weighted by molar-refractivity contribution is -0.385. The van der Waals surface area contributed by atoms with Gasteiger partial charge in [0.2, 0.25) is 0 Å². The average molecular weight is 192 g/mol. The van der Waals surface area contributed by atoms with Crippen LogP contribution in [0.2, 0.25) is 0 Å². The van der Waals surface area contributed by atoms with Crippen molar-refractivity contribution in [2.24, 2.45) is 0 Å². The Labute approximate surface area is 80.4 Å². The molecule has 0 bridgehead atoms. The van der Waals surface area contributed by atoms with Gasteiger partial charge in [-0.1, -0.05) is 0 Å². The number of aliphatic hydroxyl groups excluding tert-OH is 1. The molecule has 1 aromatic rings. The SMILES string of the molecule is Cc1cc(CO)cc(C#N)c1[N+](=O)[O-]. The van der Waals surface area contributed by atoms with Gasteiger partial charge in [0, 0.05) is 5.56 Å². The molecule has 0 atom stereocenters. The molecule has 0 aliphatic carbocycles. The van der Waals surface area contributed by atoms with Crippen LogP contribution in [-0.2, 0) is 6.61 Å². The van der Waals surface area contributed by atoms with Crippen molar-refractivity contribution in [1.82, 2.24) is 0 Å². The lowest BCUT2D eigenvalue weighted by Gasteiger charge is -2.02. The van der Waals surface area contributed by atoms with E-state index in [0.29, 0.717) is 11.1 Å². The minimum Gasteiger partial charge on any atom is -0.392 e. The van der Waals surface area contributed by atoms with Crippen LogP contribution < -0.4 is 0 Å². The van der Waals surface area contributed by atoms with Crippen molar-refractivity contribution in [2.75, 3.05) is 0 Å². The molecular formula is C9H8N2O3. The Morgan fingerprint density at radius 1 is 1.64 bits per heavy atom. The Kier molecular flexibility index (Phi) is 2.79. The molecule has 1 N–H and O–H groups in total. The molecule has 0 unspecified atom stereocenters. The van der Waals surface area contributed by atoms with E-state index in [1.54, 1.807) is 6.07 Å². The molecule has 72 valence electrons. The van der Waals surface area contributed by atoms with Gasteiger partial charge in [0.05, 0.1) is 11.5 Å². The standard InChI is InChI=1S/C9H8N2O3/c1-6-2-7(5-12)3-8(4-10)9(6)11(13)14/h2-3,12H,5H2,1H3. The van der Waals surface area contributed by atoms with Crippen LogP contribution in [-0.4, -0.2) is 10.0 Å². The van der Waals surface area contributed by atoms with E-state index in [4.69, 9.17) is 10.4 Å². The van der Waals surface area contributed by atoms with Crippen molar-refractivity contribution in [1.29, 1.82) is 5.26 Å². The number of aliphatic hydroxyl groups is 1. The molecule has 0 spiro atoms. The van der Waals surface area contributed by atoms with Crippen LogP contribution in [0.3, 0.4) is 0 Å². The highest BCUT2D eigenvalue weighted by atomic mass is 16.6. The van der Waals surface area contributed by atoms with E-state index in [1.807, 2.05) is 0 Å². The highest BCUT2D eigenvalue weighted by molar-refractivity contribution is 5.55. The number of nitro benzene ring substituents is 1. The molecule has 0 fully saturated rings. The summed E-state index contributed by atoms with van der Waals surface area (Å²) in [6.07, 6.45) is 0. The third-order valence-corrected chi connectivity index (χ3v) is 1.85. The van der Waals surface area contributed by atoms with Crippen LogP contribution in [0.5, 0.6) is 0 Å². The van der Waals surface area contributed by atoms with Gasteiger partial charge in [-0.2, -0.15) is 5.26 Å². The molecule has 0 heterocycles. The quantitative estimate of drug-likeness (QED) is 0.564. The third kappa shape index (κ3) is 1.70. The molecule has 0 aromatic heterocycles. The zero-order chi connectivity index (χ0) is 10.7. The highest BCUT2D eigenvalue weighted by Gasteiger charge is 2.17. The van der Waals surface area contributed by atoms with E-state index in [1.165, 1.54) is 19.1 Å². The van der Waals surface area contributed by atoms with Gasteiger partial charge in [-0.3, -0.25) is 10.1 Å². The summed E-state index contributed by atoms with van der Waals surface area (Å²) < 4.78 is 0. The lowest BCUT2D eigenvalue weighted by atomic mass is 10.0. The van der Waals surface area contributed by atoms with E-state index < -0.39 is 4.92 Å². The minimum atomic E-state index is -0.588. The fourth-order valence-corrected chi connectivity index (χ4v) is 1.27. The van der Waals surface area contributed by atoms with Gasteiger partial charge in [-0.25, -0.2) is 0 Å². The van der Waals surface area contributed by atoms with Gasteiger partial charge in [0.25, 0.3) is 5.69 Å². The molecule has 5 heteroatoms. The summed E-state index contributed by atoms with van der Waals surface area (Å²) in [7, 11) is 0. The Morgan fingerprint density at radius 2 is 2.29 bits per heavy atom. The first-order valence-electron chi connectivity index (χ1n) is 3.89. The molecule has 1 aromatic carbocycles. The van der Waals surface area contributed by atoms with Gasteiger partial charge in [-0.05, 0) is 24.6 Å². The van der Waals surface area contributed by atoms with Crippen LogP contribution in [0.15, 0.2) is 12.1 Å². The van der Waals surface area contributed by atoms with Crippen LogP contribution in [0, 0.1) is 28.4 Å². The van der Waals surface area contributed by atoms with Crippen LogP contribution >= 0.6 is 0 Å².